The predicted octanol–water partition coefficient (Wildman–Crippen LogP) is 1.87. The Kier molecular flexibility index (Phi) is 4.75. The molecule has 90 valence electrons. The molecule has 0 amide bonds. The Balaban J connectivity index is 1.81. The molecule has 1 fully saturated rings. The van der Waals surface area contributed by atoms with Crippen LogP contribution in [0.1, 0.15) is 23.5 Å². The summed E-state index contributed by atoms with van der Waals surface area (Å²) in [7, 11) is 1.98. The summed E-state index contributed by atoms with van der Waals surface area (Å²) in [5.74, 6) is 0.692. The summed E-state index contributed by atoms with van der Waals surface area (Å²) >= 11 is 1.80. The van der Waals surface area contributed by atoms with Crippen LogP contribution in [0.2, 0.25) is 0 Å². The van der Waals surface area contributed by atoms with Crippen LogP contribution in [-0.2, 0) is 17.6 Å². The molecule has 0 radical (unpaired) electrons. The number of rotatable bonds is 5. The van der Waals surface area contributed by atoms with Gasteiger partial charge in [0.2, 0.25) is 0 Å². The normalized spacial score (nSPS) is 21.2. The summed E-state index contributed by atoms with van der Waals surface area (Å²) in [6.45, 7) is 2.88. The quantitative estimate of drug-likeness (QED) is 0.853. The largest absolute Gasteiger partial charge is 0.381 e. The van der Waals surface area contributed by atoms with E-state index in [-0.39, 0.29) is 0 Å². The second kappa shape index (κ2) is 6.33. The number of likely N-dealkylation sites (N-methyl/N-ethyl adjacent to an activating group) is 1. The Labute approximate surface area is 101 Å². The van der Waals surface area contributed by atoms with Gasteiger partial charge in [-0.15, -0.1) is 11.3 Å². The van der Waals surface area contributed by atoms with Crippen LogP contribution >= 0.6 is 11.3 Å². The van der Waals surface area contributed by atoms with Crippen molar-refractivity contribution in [2.75, 3.05) is 26.8 Å². The van der Waals surface area contributed by atoms with Gasteiger partial charge in [-0.25, -0.2) is 4.98 Å². The second-order valence-electron chi connectivity index (χ2n) is 4.37. The number of nitrogens with zero attached hydrogens (tertiary/aromatic N) is 1. The fraction of sp³-hybridized carbons (Fsp3) is 0.750. The van der Waals surface area contributed by atoms with E-state index >= 15 is 0 Å². The van der Waals surface area contributed by atoms with Crippen molar-refractivity contribution >= 4 is 11.3 Å². The SMILES string of the molecule is CNCCc1csc(CC2CCCOC2)n1. The lowest BCUT2D eigenvalue weighted by atomic mass is 9.99. The Morgan fingerprint density at radius 3 is 3.31 bits per heavy atom. The van der Waals surface area contributed by atoms with E-state index in [1.165, 1.54) is 23.5 Å². The van der Waals surface area contributed by atoms with Crippen molar-refractivity contribution in [3.05, 3.63) is 16.1 Å². The number of hydrogen-bond donors (Lipinski definition) is 1. The van der Waals surface area contributed by atoms with Crippen molar-refractivity contribution in [3.63, 3.8) is 0 Å². The number of aromatic nitrogens is 1. The van der Waals surface area contributed by atoms with Gasteiger partial charge >= 0.3 is 0 Å². The zero-order valence-corrected chi connectivity index (χ0v) is 10.7. The van der Waals surface area contributed by atoms with Gasteiger partial charge in [0.25, 0.3) is 0 Å². The Morgan fingerprint density at radius 2 is 2.56 bits per heavy atom. The Morgan fingerprint density at radius 1 is 1.62 bits per heavy atom. The van der Waals surface area contributed by atoms with Crippen LogP contribution in [0.15, 0.2) is 5.38 Å². The number of nitrogens with one attached hydrogen (secondary N) is 1. The van der Waals surface area contributed by atoms with E-state index in [0.29, 0.717) is 5.92 Å². The van der Waals surface area contributed by atoms with Gasteiger partial charge in [-0.1, -0.05) is 0 Å². The van der Waals surface area contributed by atoms with Gasteiger partial charge in [-0.3, -0.25) is 0 Å². The minimum atomic E-state index is 0.692. The lowest BCUT2D eigenvalue weighted by Gasteiger charge is -2.20. The predicted molar refractivity (Wildman–Crippen MR) is 67.0 cm³/mol. The zero-order chi connectivity index (χ0) is 11.2. The van der Waals surface area contributed by atoms with E-state index in [2.05, 4.69) is 15.7 Å². The van der Waals surface area contributed by atoms with Gasteiger partial charge in [0.1, 0.15) is 0 Å². The first-order valence-corrected chi connectivity index (χ1v) is 6.92. The molecule has 1 aromatic heterocycles. The minimum Gasteiger partial charge on any atom is -0.381 e. The lowest BCUT2D eigenvalue weighted by Crippen LogP contribution is -2.19. The van der Waals surface area contributed by atoms with Crippen molar-refractivity contribution < 1.29 is 4.74 Å². The standard InChI is InChI=1S/C12H20N2OS/c1-13-5-4-11-9-16-12(14-11)7-10-3-2-6-15-8-10/h9-10,13H,2-8H2,1H3. The molecule has 0 aliphatic carbocycles. The van der Waals surface area contributed by atoms with Crippen molar-refractivity contribution in [2.45, 2.75) is 25.7 Å². The fourth-order valence-electron chi connectivity index (χ4n) is 2.03. The van der Waals surface area contributed by atoms with Crippen LogP contribution in [0.25, 0.3) is 0 Å². The van der Waals surface area contributed by atoms with E-state index in [9.17, 15) is 0 Å². The van der Waals surface area contributed by atoms with Crippen LogP contribution in [0.3, 0.4) is 0 Å². The first-order chi connectivity index (χ1) is 7.88. The average Bonchev–Trinajstić information content (AvgIpc) is 2.75. The molecule has 1 atom stereocenters. The Hall–Kier alpha value is -0.450. The molecule has 2 heterocycles. The minimum absolute atomic E-state index is 0.692. The number of ether oxygens (including phenoxy) is 1. The molecule has 16 heavy (non-hydrogen) atoms. The van der Waals surface area contributed by atoms with Gasteiger partial charge in [-0.05, 0) is 25.8 Å². The molecule has 1 aromatic rings. The van der Waals surface area contributed by atoms with Gasteiger partial charge in [-0.2, -0.15) is 0 Å². The van der Waals surface area contributed by atoms with Crippen molar-refractivity contribution in [3.8, 4) is 0 Å². The average molecular weight is 240 g/mol. The zero-order valence-electron chi connectivity index (χ0n) is 9.87. The highest BCUT2D eigenvalue weighted by Crippen LogP contribution is 2.21. The first kappa shape index (κ1) is 12.0. The molecular weight excluding hydrogens is 220 g/mol. The van der Waals surface area contributed by atoms with E-state index in [1.807, 2.05) is 7.05 Å². The maximum absolute atomic E-state index is 5.49. The molecule has 2 rings (SSSR count). The van der Waals surface area contributed by atoms with Crippen LogP contribution < -0.4 is 5.32 Å². The van der Waals surface area contributed by atoms with Gasteiger partial charge in [0.05, 0.1) is 10.7 Å². The molecule has 0 spiro atoms. The van der Waals surface area contributed by atoms with Crippen LogP contribution in [0.5, 0.6) is 0 Å². The highest BCUT2D eigenvalue weighted by Gasteiger charge is 2.16. The van der Waals surface area contributed by atoms with Crippen LogP contribution in [0, 0.1) is 5.92 Å². The third-order valence-corrected chi connectivity index (χ3v) is 3.87. The molecule has 0 bridgehead atoms. The van der Waals surface area contributed by atoms with Crippen LogP contribution in [0.4, 0.5) is 0 Å². The third kappa shape index (κ3) is 3.54. The lowest BCUT2D eigenvalue weighted by molar-refractivity contribution is 0.0550. The summed E-state index contributed by atoms with van der Waals surface area (Å²) in [6, 6.07) is 0. The molecule has 0 saturated carbocycles. The maximum atomic E-state index is 5.49. The van der Waals surface area contributed by atoms with Gasteiger partial charge < -0.3 is 10.1 Å². The van der Waals surface area contributed by atoms with E-state index in [4.69, 9.17) is 4.74 Å². The van der Waals surface area contributed by atoms with E-state index in [1.54, 1.807) is 11.3 Å². The third-order valence-electron chi connectivity index (χ3n) is 2.95. The van der Waals surface area contributed by atoms with Crippen molar-refractivity contribution in [1.82, 2.24) is 10.3 Å². The molecular formula is C12H20N2OS. The Bertz CT molecular complexity index is 308. The molecule has 1 saturated heterocycles. The number of thiazole rings is 1. The van der Waals surface area contributed by atoms with E-state index < -0.39 is 0 Å². The topological polar surface area (TPSA) is 34.1 Å². The summed E-state index contributed by atoms with van der Waals surface area (Å²) in [4.78, 5) is 4.66. The van der Waals surface area contributed by atoms with Gasteiger partial charge in [0, 0.05) is 38.0 Å². The molecule has 1 aliphatic heterocycles. The highest BCUT2D eigenvalue weighted by atomic mass is 32.1. The summed E-state index contributed by atoms with van der Waals surface area (Å²) < 4.78 is 5.49. The summed E-state index contributed by atoms with van der Waals surface area (Å²) in [5, 5.41) is 6.62. The molecule has 4 heteroatoms. The summed E-state index contributed by atoms with van der Waals surface area (Å²) in [6.07, 6.45) is 4.65. The van der Waals surface area contributed by atoms with Crippen molar-refractivity contribution in [1.29, 1.82) is 0 Å². The van der Waals surface area contributed by atoms with E-state index in [0.717, 1.165) is 32.6 Å². The number of hydrogen-bond acceptors (Lipinski definition) is 4. The first-order valence-electron chi connectivity index (χ1n) is 6.04. The summed E-state index contributed by atoms with van der Waals surface area (Å²) in [5.41, 5.74) is 1.23. The van der Waals surface area contributed by atoms with Crippen molar-refractivity contribution in [2.24, 2.45) is 5.92 Å². The molecule has 1 aliphatic rings. The smallest absolute Gasteiger partial charge is 0.0931 e. The molecule has 1 unspecified atom stereocenters. The molecule has 0 aromatic carbocycles. The second-order valence-corrected chi connectivity index (χ2v) is 5.32. The highest BCUT2D eigenvalue weighted by molar-refractivity contribution is 7.09. The maximum Gasteiger partial charge on any atom is 0.0931 e. The van der Waals surface area contributed by atoms with Crippen LogP contribution in [-0.4, -0.2) is 31.8 Å². The fourth-order valence-corrected chi connectivity index (χ4v) is 2.97. The monoisotopic (exact) mass is 240 g/mol. The van der Waals surface area contributed by atoms with Gasteiger partial charge in [0.15, 0.2) is 0 Å². The molecule has 1 N–H and O–H groups in total. The molecule has 3 nitrogen and oxygen atoms in total.